The summed E-state index contributed by atoms with van der Waals surface area (Å²) in [6.07, 6.45) is 4.16. The lowest BCUT2D eigenvalue weighted by atomic mass is 10.1. The summed E-state index contributed by atoms with van der Waals surface area (Å²) in [5.41, 5.74) is 6.45. The predicted molar refractivity (Wildman–Crippen MR) is 99.3 cm³/mol. The molecule has 0 saturated heterocycles. The highest BCUT2D eigenvalue weighted by Crippen LogP contribution is 2.32. The molecule has 3 aromatic rings. The van der Waals surface area contributed by atoms with Gasteiger partial charge in [-0.2, -0.15) is 0 Å². The average Bonchev–Trinajstić information content (AvgIpc) is 3.39. The SMILES string of the molecule is Cc1ccc(-c2nc3ccc(C)cn3c2CN(C)C(=O)C2CC2)cc1. The van der Waals surface area contributed by atoms with E-state index in [2.05, 4.69) is 54.8 Å². The lowest BCUT2D eigenvalue weighted by Crippen LogP contribution is -2.28. The Morgan fingerprint density at radius 2 is 1.80 bits per heavy atom. The second-order valence-electron chi connectivity index (χ2n) is 7.18. The number of carbonyl (C=O) groups is 1. The predicted octanol–water partition coefficient (Wildman–Crippen LogP) is 3.99. The van der Waals surface area contributed by atoms with E-state index in [1.54, 1.807) is 0 Å². The van der Waals surface area contributed by atoms with Crippen molar-refractivity contribution in [2.24, 2.45) is 5.92 Å². The summed E-state index contributed by atoms with van der Waals surface area (Å²) in [7, 11) is 1.90. The van der Waals surface area contributed by atoms with Gasteiger partial charge in [-0.05, 0) is 38.3 Å². The Morgan fingerprint density at radius 3 is 2.48 bits per heavy atom. The maximum atomic E-state index is 12.4. The number of hydrogen-bond acceptors (Lipinski definition) is 2. The lowest BCUT2D eigenvalue weighted by molar-refractivity contribution is -0.131. The van der Waals surface area contributed by atoms with E-state index in [-0.39, 0.29) is 11.8 Å². The van der Waals surface area contributed by atoms with Gasteiger partial charge in [-0.3, -0.25) is 4.79 Å². The molecule has 1 aromatic carbocycles. The second-order valence-corrected chi connectivity index (χ2v) is 7.18. The number of aromatic nitrogens is 2. The molecule has 1 aliphatic rings. The first-order valence-corrected chi connectivity index (χ1v) is 8.82. The van der Waals surface area contributed by atoms with E-state index in [0.717, 1.165) is 35.4 Å². The molecule has 4 heteroatoms. The zero-order valence-electron chi connectivity index (χ0n) is 15.0. The third-order valence-electron chi connectivity index (χ3n) is 4.88. The van der Waals surface area contributed by atoms with Crippen molar-refractivity contribution in [2.45, 2.75) is 33.2 Å². The summed E-state index contributed by atoms with van der Waals surface area (Å²) in [4.78, 5) is 19.1. The lowest BCUT2D eigenvalue weighted by Gasteiger charge is -2.18. The van der Waals surface area contributed by atoms with Crippen molar-refractivity contribution < 1.29 is 4.79 Å². The summed E-state index contributed by atoms with van der Waals surface area (Å²) in [5, 5.41) is 0. The van der Waals surface area contributed by atoms with E-state index < -0.39 is 0 Å². The smallest absolute Gasteiger partial charge is 0.225 e. The van der Waals surface area contributed by atoms with Gasteiger partial charge in [0.15, 0.2) is 0 Å². The number of fused-ring (bicyclic) bond motifs is 1. The number of imidazole rings is 1. The number of amides is 1. The maximum absolute atomic E-state index is 12.4. The van der Waals surface area contributed by atoms with E-state index in [1.165, 1.54) is 11.1 Å². The molecule has 1 fully saturated rings. The first kappa shape index (κ1) is 15.9. The van der Waals surface area contributed by atoms with Crippen molar-refractivity contribution >= 4 is 11.6 Å². The van der Waals surface area contributed by atoms with Crippen LogP contribution in [0.25, 0.3) is 16.9 Å². The molecule has 0 bridgehead atoms. The van der Waals surface area contributed by atoms with Crippen LogP contribution in [0.3, 0.4) is 0 Å². The normalized spacial score (nSPS) is 14.0. The quantitative estimate of drug-likeness (QED) is 0.724. The van der Waals surface area contributed by atoms with Gasteiger partial charge >= 0.3 is 0 Å². The zero-order chi connectivity index (χ0) is 17.6. The van der Waals surface area contributed by atoms with Crippen molar-refractivity contribution in [3.63, 3.8) is 0 Å². The number of benzene rings is 1. The van der Waals surface area contributed by atoms with Crippen molar-refractivity contribution in [1.82, 2.24) is 14.3 Å². The first-order valence-electron chi connectivity index (χ1n) is 8.82. The van der Waals surface area contributed by atoms with E-state index in [0.29, 0.717) is 6.54 Å². The molecule has 0 atom stereocenters. The van der Waals surface area contributed by atoms with Gasteiger partial charge in [-0.1, -0.05) is 35.9 Å². The molecular weight excluding hydrogens is 310 g/mol. The molecular formula is C21H23N3O. The van der Waals surface area contributed by atoms with E-state index in [1.807, 2.05) is 18.0 Å². The van der Waals surface area contributed by atoms with Crippen LogP contribution < -0.4 is 0 Å². The van der Waals surface area contributed by atoms with Crippen molar-refractivity contribution in [2.75, 3.05) is 7.05 Å². The topological polar surface area (TPSA) is 37.6 Å². The molecule has 0 unspecified atom stereocenters. The zero-order valence-corrected chi connectivity index (χ0v) is 15.0. The van der Waals surface area contributed by atoms with Crippen LogP contribution in [0.15, 0.2) is 42.6 Å². The van der Waals surface area contributed by atoms with E-state index >= 15 is 0 Å². The summed E-state index contributed by atoms with van der Waals surface area (Å²) < 4.78 is 2.13. The number of pyridine rings is 1. The third kappa shape index (κ3) is 3.04. The van der Waals surface area contributed by atoms with Gasteiger partial charge in [0, 0.05) is 24.7 Å². The second kappa shape index (κ2) is 6.03. The molecule has 1 saturated carbocycles. The van der Waals surface area contributed by atoms with Crippen molar-refractivity contribution in [1.29, 1.82) is 0 Å². The number of hydrogen-bond donors (Lipinski definition) is 0. The molecule has 0 radical (unpaired) electrons. The molecule has 0 spiro atoms. The number of aryl methyl sites for hydroxylation is 2. The molecule has 25 heavy (non-hydrogen) atoms. The highest BCUT2D eigenvalue weighted by atomic mass is 16.2. The third-order valence-corrected chi connectivity index (χ3v) is 4.88. The van der Waals surface area contributed by atoms with Crippen molar-refractivity contribution in [3.05, 3.63) is 59.4 Å². The number of nitrogens with zero attached hydrogens (tertiary/aromatic N) is 3. The largest absolute Gasteiger partial charge is 0.340 e. The van der Waals surface area contributed by atoms with Crippen LogP contribution in [0.4, 0.5) is 0 Å². The summed E-state index contributed by atoms with van der Waals surface area (Å²) in [6.45, 7) is 4.73. The monoisotopic (exact) mass is 333 g/mol. The van der Waals surface area contributed by atoms with E-state index in [9.17, 15) is 4.79 Å². The van der Waals surface area contributed by atoms with Crippen LogP contribution in [-0.4, -0.2) is 27.2 Å². The minimum atomic E-state index is 0.230. The van der Waals surface area contributed by atoms with Crippen LogP contribution in [0.1, 0.15) is 29.7 Å². The van der Waals surface area contributed by atoms with Gasteiger partial charge in [0.1, 0.15) is 5.65 Å². The van der Waals surface area contributed by atoms with Gasteiger partial charge in [0.05, 0.1) is 17.9 Å². The molecule has 0 aliphatic heterocycles. The first-order chi connectivity index (χ1) is 12.0. The average molecular weight is 333 g/mol. The van der Waals surface area contributed by atoms with Crippen molar-refractivity contribution in [3.8, 4) is 11.3 Å². The Morgan fingerprint density at radius 1 is 1.12 bits per heavy atom. The molecule has 1 aliphatic carbocycles. The summed E-state index contributed by atoms with van der Waals surface area (Å²) >= 11 is 0. The van der Waals surface area contributed by atoms with Gasteiger partial charge in [0.2, 0.25) is 5.91 Å². The van der Waals surface area contributed by atoms with Gasteiger partial charge < -0.3 is 9.30 Å². The van der Waals surface area contributed by atoms with Gasteiger partial charge in [0.25, 0.3) is 0 Å². The highest BCUT2D eigenvalue weighted by Gasteiger charge is 2.32. The molecule has 4 nitrogen and oxygen atoms in total. The molecule has 0 N–H and O–H groups in total. The molecule has 2 aromatic heterocycles. The fourth-order valence-electron chi connectivity index (χ4n) is 3.24. The Bertz CT molecular complexity index is 936. The fraction of sp³-hybridized carbons (Fsp3) is 0.333. The van der Waals surface area contributed by atoms with Crippen LogP contribution in [-0.2, 0) is 11.3 Å². The minimum Gasteiger partial charge on any atom is -0.340 e. The van der Waals surface area contributed by atoms with Crippen LogP contribution in [0, 0.1) is 19.8 Å². The molecule has 4 rings (SSSR count). The Hall–Kier alpha value is -2.62. The van der Waals surface area contributed by atoms with Gasteiger partial charge in [-0.15, -0.1) is 0 Å². The van der Waals surface area contributed by atoms with E-state index in [4.69, 9.17) is 4.98 Å². The standard InChI is InChI=1S/C21H23N3O/c1-14-4-7-16(8-5-14)20-18(13-23(3)21(25)17-9-10-17)24-12-15(2)6-11-19(24)22-20/h4-8,11-12,17H,9-10,13H2,1-3H3. The molecule has 1 amide bonds. The Labute approximate surface area is 148 Å². The summed E-state index contributed by atoms with van der Waals surface area (Å²) in [6, 6.07) is 12.5. The summed E-state index contributed by atoms with van der Waals surface area (Å²) in [5.74, 6) is 0.478. The Kier molecular flexibility index (Phi) is 3.83. The number of carbonyl (C=O) groups excluding carboxylic acids is 1. The number of rotatable bonds is 4. The van der Waals surface area contributed by atoms with Crippen LogP contribution in [0.2, 0.25) is 0 Å². The maximum Gasteiger partial charge on any atom is 0.225 e. The highest BCUT2D eigenvalue weighted by molar-refractivity contribution is 5.81. The van der Waals surface area contributed by atoms with Gasteiger partial charge in [-0.25, -0.2) is 4.98 Å². The van der Waals surface area contributed by atoms with Crippen LogP contribution in [0.5, 0.6) is 0 Å². The minimum absolute atomic E-state index is 0.230. The van der Waals surface area contributed by atoms with Crippen LogP contribution >= 0.6 is 0 Å². The molecule has 2 heterocycles. The fourth-order valence-corrected chi connectivity index (χ4v) is 3.24. The Balaban J connectivity index is 1.80. The molecule has 128 valence electrons.